The summed E-state index contributed by atoms with van der Waals surface area (Å²) in [6.07, 6.45) is 2.41. The Bertz CT molecular complexity index is 119. The molecule has 0 N–H and O–H groups in total. The second-order valence-electron chi connectivity index (χ2n) is 3.17. The lowest BCUT2D eigenvalue weighted by Crippen LogP contribution is -2.16. The summed E-state index contributed by atoms with van der Waals surface area (Å²) >= 11 is 0. The summed E-state index contributed by atoms with van der Waals surface area (Å²) in [4.78, 5) is 10.7. The van der Waals surface area contributed by atoms with Crippen LogP contribution in [0.4, 0.5) is 0 Å². The van der Waals surface area contributed by atoms with E-state index in [1.54, 1.807) is 6.92 Å². The molecule has 65 valence electrons. The van der Waals surface area contributed by atoms with Crippen LogP contribution >= 0.6 is 0 Å². The molecular weight excluding hydrogens is 140 g/mol. The molecule has 0 rings (SSSR count). The lowest BCUT2D eigenvalue weighted by atomic mass is 10.1. The van der Waals surface area contributed by atoms with Crippen LogP contribution in [0.5, 0.6) is 0 Å². The Balaban J connectivity index is 3.51. The van der Waals surface area contributed by atoms with Gasteiger partial charge in [-0.25, -0.2) is 0 Å². The van der Waals surface area contributed by atoms with Crippen molar-refractivity contribution in [2.45, 2.75) is 40.2 Å². The first-order valence-electron chi connectivity index (χ1n) is 4.06. The summed E-state index contributed by atoms with van der Waals surface area (Å²) in [5.41, 5.74) is 0. The van der Waals surface area contributed by atoms with Gasteiger partial charge in [0.05, 0.1) is 12.5 Å². The number of carbonyl (C=O) groups is 1. The molecule has 0 heterocycles. The van der Waals surface area contributed by atoms with Crippen molar-refractivity contribution in [1.29, 1.82) is 0 Å². The van der Waals surface area contributed by atoms with Crippen molar-refractivity contribution in [3.8, 4) is 0 Å². The Labute approximate surface area is 68.9 Å². The molecule has 0 saturated heterocycles. The molecule has 0 aromatic heterocycles. The van der Waals surface area contributed by atoms with Gasteiger partial charge in [0, 0.05) is 0 Å². The summed E-state index contributed by atoms with van der Waals surface area (Å²) in [5, 5.41) is 0. The van der Waals surface area contributed by atoms with Crippen LogP contribution < -0.4 is 0 Å². The van der Waals surface area contributed by atoms with Gasteiger partial charge in [-0.1, -0.05) is 20.8 Å². The van der Waals surface area contributed by atoms with Crippen LogP contribution in [0.3, 0.4) is 0 Å². The molecule has 1 unspecified atom stereocenters. The smallest absolute Gasteiger partial charge is 0.309 e. The van der Waals surface area contributed by atoms with E-state index in [0.717, 1.165) is 6.42 Å². The normalized spacial score (nSPS) is 13.2. The van der Waals surface area contributed by atoms with E-state index in [9.17, 15) is 4.79 Å². The van der Waals surface area contributed by atoms with E-state index < -0.39 is 0 Å². The first kappa shape index (κ1) is 10.5. The SMILES string of the molecule is C[CH]C(=O)OC(C)CC(C)C. The maximum Gasteiger partial charge on any atom is 0.309 e. The van der Waals surface area contributed by atoms with E-state index >= 15 is 0 Å². The molecule has 0 amide bonds. The average molecular weight is 157 g/mol. The standard InChI is InChI=1S/C9H17O2/c1-5-9(10)11-8(4)6-7(2)3/h5,7-8H,6H2,1-4H3. The number of ether oxygens (including phenoxy) is 1. The van der Waals surface area contributed by atoms with E-state index in [1.165, 1.54) is 6.42 Å². The highest BCUT2D eigenvalue weighted by Crippen LogP contribution is 2.07. The Hall–Kier alpha value is -0.530. The van der Waals surface area contributed by atoms with Crippen LogP contribution in [0.15, 0.2) is 0 Å². The Morgan fingerprint density at radius 3 is 2.36 bits per heavy atom. The second kappa shape index (κ2) is 5.16. The van der Waals surface area contributed by atoms with Gasteiger partial charge < -0.3 is 4.74 Å². The van der Waals surface area contributed by atoms with Crippen LogP contribution in [0, 0.1) is 12.3 Å². The minimum atomic E-state index is -0.224. The third-order valence-corrected chi connectivity index (χ3v) is 1.36. The first-order chi connectivity index (χ1) is 5.06. The fourth-order valence-corrected chi connectivity index (χ4v) is 0.978. The van der Waals surface area contributed by atoms with Crippen molar-refractivity contribution in [3.63, 3.8) is 0 Å². The molecule has 1 atom stereocenters. The summed E-state index contributed by atoms with van der Waals surface area (Å²) in [7, 11) is 0. The Kier molecular flexibility index (Phi) is 4.92. The molecular formula is C9H17O2. The number of carbonyl (C=O) groups excluding carboxylic acids is 1. The molecule has 2 heteroatoms. The maximum absolute atomic E-state index is 10.7. The van der Waals surface area contributed by atoms with Gasteiger partial charge in [0.1, 0.15) is 0 Å². The minimum absolute atomic E-state index is 0.0405. The van der Waals surface area contributed by atoms with Crippen molar-refractivity contribution in [1.82, 2.24) is 0 Å². The molecule has 0 spiro atoms. The molecule has 0 fully saturated rings. The van der Waals surface area contributed by atoms with E-state index in [-0.39, 0.29) is 12.1 Å². The fourth-order valence-electron chi connectivity index (χ4n) is 0.978. The zero-order valence-corrected chi connectivity index (χ0v) is 7.76. The molecule has 0 saturated carbocycles. The number of hydrogen-bond acceptors (Lipinski definition) is 2. The summed E-state index contributed by atoms with van der Waals surface area (Å²) in [6, 6.07) is 0. The van der Waals surface area contributed by atoms with Crippen LogP contribution in [0.25, 0.3) is 0 Å². The van der Waals surface area contributed by atoms with Gasteiger partial charge >= 0.3 is 5.97 Å². The first-order valence-corrected chi connectivity index (χ1v) is 4.06. The molecule has 1 radical (unpaired) electrons. The number of esters is 1. The van der Waals surface area contributed by atoms with E-state index in [4.69, 9.17) is 4.74 Å². The third-order valence-electron chi connectivity index (χ3n) is 1.36. The average Bonchev–Trinajstić information content (AvgIpc) is 1.85. The van der Waals surface area contributed by atoms with Gasteiger partial charge in [0.25, 0.3) is 0 Å². The lowest BCUT2D eigenvalue weighted by molar-refractivity contribution is -0.144. The molecule has 0 aromatic rings. The largest absolute Gasteiger partial charge is 0.462 e. The molecule has 11 heavy (non-hydrogen) atoms. The summed E-state index contributed by atoms with van der Waals surface area (Å²) in [5.74, 6) is 0.354. The highest BCUT2D eigenvalue weighted by atomic mass is 16.5. The fraction of sp³-hybridized carbons (Fsp3) is 0.778. The lowest BCUT2D eigenvalue weighted by Gasteiger charge is -2.14. The van der Waals surface area contributed by atoms with Crippen LogP contribution in [0.2, 0.25) is 0 Å². The van der Waals surface area contributed by atoms with E-state index in [2.05, 4.69) is 13.8 Å². The highest BCUT2D eigenvalue weighted by molar-refractivity contribution is 5.78. The maximum atomic E-state index is 10.7. The highest BCUT2D eigenvalue weighted by Gasteiger charge is 2.08. The van der Waals surface area contributed by atoms with Crippen LogP contribution in [-0.4, -0.2) is 12.1 Å². The van der Waals surface area contributed by atoms with Crippen LogP contribution in [-0.2, 0) is 9.53 Å². The van der Waals surface area contributed by atoms with Gasteiger partial charge in [-0.3, -0.25) is 4.79 Å². The van der Waals surface area contributed by atoms with Crippen molar-refractivity contribution in [2.24, 2.45) is 5.92 Å². The topological polar surface area (TPSA) is 26.3 Å². The van der Waals surface area contributed by atoms with Crippen molar-refractivity contribution < 1.29 is 9.53 Å². The molecule has 0 aliphatic heterocycles. The Morgan fingerprint density at radius 2 is 2.00 bits per heavy atom. The zero-order valence-electron chi connectivity index (χ0n) is 7.76. The molecule has 0 aliphatic carbocycles. The van der Waals surface area contributed by atoms with Gasteiger partial charge in [-0.15, -0.1) is 0 Å². The zero-order chi connectivity index (χ0) is 8.85. The van der Waals surface area contributed by atoms with Gasteiger partial charge in [-0.05, 0) is 19.3 Å². The number of rotatable bonds is 4. The minimum Gasteiger partial charge on any atom is -0.462 e. The van der Waals surface area contributed by atoms with Crippen molar-refractivity contribution in [3.05, 3.63) is 6.42 Å². The Morgan fingerprint density at radius 1 is 1.45 bits per heavy atom. The monoisotopic (exact) mass is 157 g/mol. The van der Waals surface area contributed by atoms with Crippen molar-refractivity contribution in [2.75, 3.05) is 0 Å². The summed E-state index contributed by atoms with van der Waals surface area (Å²) in [6.45, 7) is 7.83. The third kappa shape index (κ3) is 5.89. The molecule has 0 aliphatic rings. The predicted molar refractivity (Wildman–Crippen MR) is 45.0 cm³/mol. The molecule has 0 aromatic carbocycles. The van der Waals surface area contributed by atoms with E-state index in [1.807, 2.05) is 6.92 Å². The quantitative estimate of drug-likeness (QED) is 0.585. The van der Waals surface area contributed by atoms with Gasteiger partial charge in [-0.2, -0.15) is 0 Å². The molecule has 2 nitrogen and oxygen atoms in total. The predicted octanol–water partition coefficient (Wildman–Crippen LogP) is 2.19. The van der Waals surface area contributed by atoms with Gasteiger partial charge in [0.15, 0.2) is 0 Å². The summed E-state index contributed by atoms with van der Waals surface area (Å²) < 4.78 is 5.02. The van der Waals surface area contributed by atoms with Crippen LogP contribution in [0.1, 0.15) is 34.1 Å². The second-order valence-corrected chi connectivity index (χ2v) is 3.17. The molecule has 0 bridgehead atoms. The van der Waals surface area contributed by atoms with E-state index in [0.29, 0.717) is 5.92 Å². The number of hydrogen-bond donors (Lipinski definition) is 0. The van der Waals surface area contributed by atoms with Gasteiger partial charge in [0.2, 0.25) is 0 Å². The van der Waals surface area contributed by atoms with Crippen molar-refractivity contribution >= 4 is 5.97 Å².